The van der Waals surface area contributed by atoms with Crippen LogP contribution in [0.1, 0.15) is 16.9 Å². The number of hydrogen-bond acceptors (Lipinski definition) is 7. The van der Waals surface area contributed by atoms with Gasteiger partial charge in [0.25, 0.3) is 0 Å². The molecule has 0 bridgehead atoms. The van der Waals surface area contributed by atoms with Gasteiger partial charge in [-0.2, -0.15) is 0 Å². The van der Waals surface area contributed by atoms with E-state index >= 15 is 0 Å². The van der Waals surface area contributed by atoms with E-state index in [1.165, 1.54) is 22.5 Å². The van der Waals surface area contributed by atoms with Gasteiger partial charge in [-0.3, -0.25) is 9.69 Å². The topological polar surface area (TPSA) is 89.7 Å². The minimum atomic E-state index is -3.69. The van der Waals surface area contributed by atoms with Crippen molar-refractivity contribution in [2.45, 2.75) is 19.2 Å². The molecule has 0 aliphatic heterocycles. The summed E-state index contributed by atoms with van der Waals surface area (Å²) in [6.45, 7) is 2.03. The molecule has 0 atom stereocenters. The molecule has 0 aliphatic rings. The number of furan rings is 1. The molecular weight excluding hydrogens is 448 g/mol. The molecule has 166 valence electrons. The number of aryl methyl sites for hydroxylation is 1. The van der Waals surface area contributed by atoms with Gasteiger partial charge in [0, 0.05) is 0 Å². The van der Waals surface area contributed by atoms with E-state index in [0.29, 0.717) is 27.7 Å². The fourth-order valence-corrected chi connectivity index (χ4v) is 5.75. The first-order valence-corrected chi connectivity index (χ1v) is 12.5. The number of methoxy groups -OCH3 is 1. The summed E-state index contributed by atoms with van der Waals surface area (Å²) >= 11 is 1.32. The Morgan fingerprint density at radius 1 is 1.12 bits per heavy atom. The number of thiazole rings is 1. The molecule has 2 aromatic heterocycles. The molecule has 0 spiro atoms. The Morgan fingerprint density at radius 2 is 1.91 bits per heavy atom. The molecule has 0 N–H and O–H groups in total. The molecule has 0 radical (unpaired) electrons. The van der Waals surface area contributed by atoms with Gasteiger partial charge in [0.15, 0.2) is 15.0 Å². The molecule has 2 heterocycles. The quantitative estimate of drug-likeness (QED) is 0.380. The molecule has 9 heteroatoms. The van der Waals surface area contributed by atoms with Crippen LogP contribution < -0.4 is 9.64 Å². The van der Waals surface area contributed by atoms with Crippen LogP contribution in [-0.2, 0) is 26.9 Å². The minimum absolute atomic E-state index is 0.0773. The third-order valence-electron chi connectivity index (χ3n) is 4.91. The van der Waals surface area contributed by atoms with Gasteiger partial charge >= 0.3 is 0 Å². The van der Waals surface area contributed by atoms with E-state index < -0.39 is 21.5 Å². The lowest BCUT2D eigenvalue weighted by molar-refractivity contribution is -0.116. The summed E-state index contributed by atoms with van der Waals surface area (Å²) in [7, 11) is -2.13. The largest absolute Gasteiger partial charge is 0.494 e. The van der Waals surface area contributed by atoms with E-state index in [-0.39, 0.29) is 12.3 Å². The third-order valence-corrected chi connectivity index (χ3v) is 7.58. The van der Waals surface area contributed by atoms with E-state index in [4.69, 9.17) is 9.15 Å². The van der Waals surface area contributed by atoms with Crippen LogP contribution in [0.15, 0.2) is 65.3 Å². The first-order valence-electron chi connectivity index (χ1n) is 9.87. The fraction of sp³-hybridized carbons (Fsp3) is 0.217. The molecule has 7 nitrogen and oxygen atoms in total. The lowest BCUT2D eigenvalue weighted by Crippen LogP contribution is -2.35. The van der Waals surface area contributed by atoms with Crippen molar-refractivity contribution in [3.8, 4) is 5.75 Å². The van der Waals surface area contributed by atoms with Crippen molar-refractivity contribution in [3.63, 3.8) is 0 Å². The van der Waals surface area contributed by atoms with Crippen LogP contribution in [0.4, 0.5) is 5.13 Å². The number of anilines is 1. The molecule has 0 fully saturated rings. The Balaban J connectivity index is 1.67. The van der Waals surface area contributed by atoms with Crippen molar-refractivity contribution in [2.75, 3.05) is 17.8 Å². The van der Waals surface area contributed by atoms with E-state index in [1.54, 1.807) is 43.5 Å². The number of fused-ring (bicyclic) bond motifs is 1. The van der Waals surface area contributed by atoms with Crippen LogP contribution in [0.25, 0.3) is 10.2 Å². The van der Waals surface area contributed by atoms with Gasteiger partial charge in [0.2, 0.25) is 5.91 Å². The average Bonchev–Trinajstić information content (AvgIpc) is 3.42. The summed E-state index contributed by atoms with van der Waals surface area (Å²) in [6, 6.07) is 16.0. The number of carbonyl (C=O) groups excluding carboxylic acids is 1. The summed E-state index contributed by atoms with van der Waals surface area (Å²) in [5.74, 6) is -0.278. The number of nitrogens with zero attached hydrogens (tertiary/aromatic N) is 2. The Kier molecular flexibility index (Phi) is 6.29. The average molecular weight is 471 g/mol. The SMILES string of the molecule is COc1ccc(C)c2sc(N(Cc3ccco3)C(=O)CS(=O)(=O)Cc3ccccc3)nc12. The number of aromatic nitrogens is 1. The van der Waals surface area contributed by atoms with E-state index in [9.17, 15) is 13.2 Å². The molecule has 1 amide bonds. The minimum Gasteiger partial charge on any atom is -0.494 e. The van der Waals surface area contributed by atoms with E-state index in [2.05, 4.69) is 4.98 Å². The number of ether oxygens (including phenoxy) is 1. The maximum absolute atomic E-state index is 13.2. The van der Waals surface area contributed by atoms with Crippen molar-refractivity contribution < 1.29 is 22.4 Å². The highest BCUT2D eigenvalue weighted by Crippen LogP contribution is 2.37. The highest BCUT2D eigenvalue weighted by Gasteiger charge is 2.27. The Morgan fingerprint density at radius 3 is 2.59 bits per heavy atom. The van der Waals surface area contributed by atoms with Gasteiger partial charge < -0.3 is 9.15 Å². The van der Waals surface area contributed by atoms with Crippen LogP contribution in [0.2, 0.25) is 0 Å². The van der Waals surface area contributed by atoms with E-state index in [0.717, 1.165) is 10.3 Å². The summed E-state index contributed by atoms with van der Waals surface area (Å²) < 4.78 is 37.2. The molecule has 0 unspecified atom stereocenters. The zero-order chi connectivity index (χ0) is 22.7. The number of hydrogen-bond donors (Lipinski definition) is 0. The first-order chi connectivity index (χ1) is 15.4. The predicted molar refractivity (Wildman–Crippen MR) is 125 cm³/mol. The highest BCUT2D eigenvalue weighted by molar-refractivity contribution is 7.91. The zero-order valence-electron chi connectivity index (χ0n) is 17.6. The number of benzene rings is 2. The second-order valence-corrected chi connectivity index (χ2v) is 10.4. The van der Waals surface area contributed by atoms with Crippen molar-refractivity contribution >= 4 is 42.4 Å². The van der Waals surface area contributed by atoms with Crippen molar-refractivity contribution in [3.05, 3.63) is 77.7 Å². The Labute approximate surface area is 190 Å². The number of carbonyl (C=O) groups is 1. The van der Waals surface area contributed by atoms with Crippen molar-refractivity contribution in [1.82, 2.24) is 4.98 Å². The number of amides is 1. The van der Waals surface area contributed by atoms with Gasteiger partial charge in [-0.15, -0.1) is 0 Å². The van der Waals surface area contributed by atoms with Gasteiger partial charge in [-0.05, 0) is 36.2 Å². The van der Waals surface area contributed by atoms with Gasteiger partial charge in [0.1, 0.15) is 22.8 Å². The van der Waals surface area contributed by atoms with Crippen LogP contribution in [0.5, 0.6) is 5.75 Å². The highest BCUT2D eigenvalue weighted by atomic mass is 32.2. The number of sulfone groups is 1. The van der Waals surface area contributed by atoms with Crippen LogP contribution >= 0.6 is 11.3 Å². The molecular formula is C23H22N2O5S2. The molecule has 4 aromatic rings. The normalized spacial score (nSPS) is 11.6. The van der Waals surface area contributed by atoms with Crippen LogP contribution in [-0.4, -0.2) is 32.2 Å². The smallest absolute Gasteiger partial charge is 0.244 e. The van der Waals surface area contributed by atoms with Crippen LogP contribution in [0.3, 0.4) is 0 Å². The molecule has 2 aromatic carbocycles. The molecule has 0 aliphatic carbocycles. The monoisotopic (exact) mass is 470 g/mol. The summed E-state index contributed by atoms with van der Waals surface area (Å²) in [4.78, 5) is 19.2. The van der Waals surface area contributed by atoms with Crippen molar-refractivity contribution in [1.29, 1.82) is 0 Å². The lowest BCUT2D eigenvalue weighted by atomic mass is 10.2. The fourth-order valence-electron chi connectivity index (χ4n) is 3.34. The third kappa shape index (κ3) is 4.84. The number of rotatable bonds is 8. The zero-order valence-corrected chi connectivity index (χ0v) is 19.3. The van der Waals surface area contributed by atoms with Gasteiger partial charge in [0.05, 0.1) is 30.4 Å². The molecule has 0 saturated heterocycles. The Bertz CT molecular complexity index is 1330. The summed E-state index contributed by atoms with van der Waals surface area (Å²) in [5, 5.41) is 0.393. The molecule has 0 saturated carbocycles. The second-order valence-electron chi connectivity index (χ2n) is 7.34. The lowest BCUT2D eigenvalue weighted by Gasteiger charge is -2.18. The van der Waals surface area contributed by atoms with Crippen LogP contribution in [0, 0.1) is 6.92 Å². The van der Waals surface area contributed by atoms with Gasteiger partial charge in [-0.25, -0.2) is 13.4 Å². The molecule has 4 rings (SSSR count). The predicted octanol–water partition coefficient (Wildman–Crippen LogP) is 4.35. The summed E-state index contributed by atoms with van der Waals surface area (Å²) in [5.41, 5.74) is 2.27. The van der Waals surface area contributed by atoms with Crippen molar-refractivity contribution in [2.24, 2.45) is 0 Å². The second kappa shape index (κ2) is 9.13. The van der Waals surface area contributed by atoms with Gasteiger partial charge in [-0.1, -0.05) is 47.7 Å². The Hall–Kier alpha value is -3.17. The summed E-state index contributed by atoms with van der Waals surface area (Å²) in [6.07, 6.45) is 1.51. The first kappa shape index (κ1) is 22.0. The molecule has 32 heavy (non-hydrogen) atoms. The maximum atomic E-state index is 13.2. The van der Waals surface area contributed by atoms with E-state index in [1.807, 2.05) is 25.1 Å². The maximum Gasteiger partial charge on any atom is 0.244 e. The standard InChI is InChI=1S/C23H22N2O5S2/c1-16-10-11-19(29-2)21-22(16)31-23(24-21)25(13-18-9-6-12-30-18)20(26)15-32(27,28)14-17-7-4-3-5-8-17/h3-12H,13-15H2,1-2H3.